The maximum absolute atomic E-state index is 12.5. The summed E-state index contributed by atoms with van der Waals surface area (Å²) in [6.45, 7) is 9.29. The van der Waals surface area contributed by atoms with Crippen LogP contribution >= 0.6 is 0 Å². The standard InChI is InChI=1S/C21H26N4O/c1-14(2)9-11-23-21(26)18-13-24-25-19(10-12-22-20(18)25)17-7-5-16(6-8-17)15(3)4/h5-8,10,12-15H,9,11H2,1-4H3,(H,23,26). The summed E-state index contributed by atoms with van der Waals surface area (Å²) in [5.41, 5.74) is 4.36. The maximum Gasteiger partial charge on any atom is 0.256 e. The van der Waals surface area contributed by atoms with E-state index in [2.05, 4.69) is 67.4 Å². The molecule has 0 fully saturated rings. The fourth-order valence-electron chi connectivity index (χ4n) is 2.88. The van der Waals surface area contributed by atoms with Gasteiger partial charge < -0.3 is 5.32 Å². The SMILES string of the molecule is CC(C)CCNC(=O)c1cnn2c(-c3ccc(C(C)C)cc3)ccnc12. The minimum Gasteiger partial charge on any atom is -0.352 e. The van der Waals surface area contributed by atoms with Crippen LogP contribution in [-0.2, 0) is 0 Å². The Bertz CT molecular complexity index is 894. The van der Waals surface area contributed by atoms with Gasteiger partial charge in [-0.05, 0) is 29.9 Å². The minimum absolute atomic E-state index is 0.125. The summed E-state index contributed by atoms with van der Waals surface area (Å²) in [7, 11) is 0. The van der Waals surface area contributed by atoms with Crippen LogP contribution in [0.25, 0.3) is 16.9 Å². The second-order valence-electron chi connectivity index (χ2n) is 7.34. The quantitative estimate of drug-likeness (QED) is 0.721. The van der Waals surface area contributed by atoms with Gasteiger partial charge in [0, 0.05) is 18.3 Å². The van der Waals surface area contributed by atoms with Gasteiger partial charge in [-0.2, -0.15) is 5.10 Å². The second-order valence-corrected chi connectivity index (χ2v) is 7.34. The van der Waals surface area contributed by atoms with E-state index < -0.39 is 0 Å². The van der Waals surface area contributed by atoms with Crippen molar-refractivity contribution in [3.63, 3.8) is 0 Å². The lowest BCUT2D eigenvalue weighted by Gasteiger charge is -2.09. The number of hydrogen-bond donors (Lipinski definition) is 1. The molecule has 0 aliphatic carbocycles. The van der Waals surface area contributed by atoms with E-state index in [0.717, 1.165) is 17.7 Å². The smallest absolute Gasteiger partial charge is 0.256 e. The number of carbonyl (C=O) groups excluding carboxylic acids is 1. The van der Waals surface area contributed by atoms with Crippen LogP contribution in [-0.4, -0.2) is 27.0 Å². The van der Waals surface area contributed by atoms with Crippen molar-refractivity contribution in [2.24, 2.45) is 5.92 Å². The van der Waals surface area contributed by atoms with Crippen LogP contribution in [0.15, 0.2) is 42.7 Å². The molecular weight excluding hydrogens is 324 g/mol. The van der Waals surface area contributed by atoms with Crippen molar-refractivity contribution in [3.8, 4) is 11.3 Å². The lowest BCUT2D eigenvalue weighted by molar-refractivity contribution is 0.0953. The highest BCUT2D eigenvalue weighted by molar-refractivity contribution is 5.99. The van der Waals surface area contributed by atoms with Crippen LogP contribution in [0, 0.1) is 5.92 Å². The molecule has 0 saturated heterocycles. The first-order chi connectivity index (χ1) is 12.5. The Hall–Kier alpha value is -2.69. The Labute approximate surface area is 154 Å². The third kappa shape index (κ3) is 3.77. The van der Waals surface area contributed by atoms with Crippen LogP contribution < -0.4 is 5.32 Å². The van der Waals surface area contributed by atoms with E-state index in [0.29, 0.717) is 29.6 Å². The van der Waals surface area contributed by atoms with E-state index in [1.54, 1.807) is 16.9 Å². The van der Waals surface area contributed by atoms with Gasteiger partial charge in [0.1, 0.15) is 5.56 Å². The Morgan fingerprint density at radius 2 is 1.85 bits per heavy atom. The number of nitrogens with zero attached hydrogens (tertiary/aromatic N) is 3. The number of nitrogens with one attached hydrogen (secondary N) is 1. The Morgan fingerprint density at radius 3 is 2.50 bits per heavy atom. The number of rotatable bonds is 6. The van der Waals surface area contributed by atoms with E-state index in [4.69, 9.17) is 0 Å². The van der Waals surface area contributed by atoms with Gasteiger partial charge in [-0.25, -0.2) is 9.50 Å². The van der Waals surface area contributed by atoms with Crippen molar-refractivity contribution in [2.75, 3.05) is 6.54 Å². The fraction of sp³-hybridized carbons (Fsp3) is 0.381. The van der Waals surface area contributed by atoms with Crippen molar-refractivity contribution in [2.45, 2.75) is 40.0 Å². The molecule has 2 heterocycles. The number of hydrogen-bond acceptors (Lipinski definition) is 3. The van der Waals surface area contributed by atoms with Gasteiger partial charge in [0.05, 0.1) is 11.9 Å². The Balaban J connectivity index is 1.90. The van der Waals surface area contributed by atoms with Gasteiger partial charge in [0.15, 0.2) is 5.65 Å². The lowest BCUT2D eigenvalue weighted by atomic mass is 10.0. The second kappa shape index (κ2) is 7.68. The van der Waals surface area contributed by atoms with Gasteiger partial charge in [0.25, 0.3) is 5.91 Å². The summed E-state index contributed by atoms with van der Waals surface area (Å²) in [6, 6.07) is 10.4. The molecule has 3 aromatic rings. The molecule has 0 radical (unpaired) electrons. The van der Waals surface area contributed by atoms with Crippen molar-refractivity contribution in [1.82, 2.24) is 19.9 Å². The molecule has 0 aliphatic rings. The normalized spacial score (nSPS) is 11.5. The minimum atomic E-state index is -0.125. The average Bonchev–Trinajstić information content (AvgIpc) is 3.05. The van der Waals surface area contributed by atoms with E-state index in [-0.39, 0.29) is 5.91 Å². The van der Waals surface area contributed by atoms with Crippen LogP contribution in [0.4, 0.5) is 0 Å². The van der Waals surface area contributed by atoms with E-state index in [9.17, 15) is 4.79 Å². The summed E-state index contributed by atoms with van der Waals surface area (Å²) >= 11 is 0. The summed E-state index contributed by atoms with van der Waals surface area (Å²) < 4.78 is 1.74. The molecule has 26 heavy (non-hydrogen) atoms. The zero-order valence-corrected chi connectivity index (χ0v) is 15.9. The molecule has 0 spiro atoms. The van der Waals surface area contributed by atoms with E-state index in [1.165, 1.54) is 5.56 Å². The van der Waals surface area contributed by atoms with Gasteiger partial charge in [-0.15, -0.1) is 0 Å². The predicted octanol–water partition coefficient (Wildman–Crippen LogP) is 4.30. The number of carbonyl (C=O) groups is 1. The number of aromatic nitrogens is 3. The van der Waals surface area contributed by atoms with Crippen LogP contribution in [0.3, 0.4) is 0 Å². The molecule has 5 nitrogen and oxygen atoms in total. The van der Waals surface area contributed by atoms with E-state index >= 15 is 0 Å². The van der Waals surface area contributed by atoms with Crippen molar-refractivity contribution >= 4 is 11.6 Å². The third-order valence-corrected chi connectivity index (χ3v) is 4.53. The van der Waals surface area contributed by atoms with Crippen molar-refractivity contribution in [3.05, 3.63) is 53.9 Å². The lowest BCUT2D eigenvalue weighted by Crippen LogP contribution is -2.25. The number of amides is 1. The maximum atomic E-state index is 12.5. The molecule has 1 aromatic carbocycles. The largest absolute Gasteiger partial charge is 0.352 e. The molecule has 1 N–H and O–H groups in total. The number of fused-ring (bicyclic) bond motifs is 1. The molecule has 1 amide bonds. The van der Waals surface area contributed by atoms with Crippen LogP contribution in [0.1, 0.15) is 56.0 Å². The van der Waals surface area contributed by atoms with Crippen LogP contribution in [0.5, 0.6) is 0 Å². The first-order valence-electron chi connectivity index (χ1n) is 9.18. The topological polar surface area (TPSA) is 59.3 Å². The molecule has 136 valence electrons. The fourth-order valence-corrected chi connectivity index (χ4v) is 2.88. The van der Waals surface area contributed by atoms with Crippen molar-refractivity contribution < 1.29 is 4.79 Å². The highest BCUT2D eigenvalue weighted by Gasteiger charge is 2.16. The molecule has 0 aliphatic heterocycles. The zero-order chi connectivity index (χ0) is 18.7. The molecule has 3 rings (SSSR count). The first-order valence-corrected chi connectivity index (χ1v) is 9.18. The molecule has 0 bridgehead atoms. The molecular formula is C21H26N4O. The molecule has 0 unspecified atom stereocenters. The average molecular weight is 350 g/mol. The zero-order valence-electron chi connectivity index (χ0n) is 15.9. The molecule has 0 saturated carbocycles. The van der Waals surface area contributed by atoms with Gasteiger partial charge >= 0.3 is 0 Å². The summed E-state index contributed by atoms with van der Waals surface area (Å²) in [4.78, 5) is 16.8. The highest BCUT2D eigenvalue weighted by atomic mass is 16.1. The molecule has 5 heteroatoms. The van der Waals surface area contributed by atoms with Crippen molar-refractivity contribution in [1.29, 1.82) is 0 Å². The molecule has 2 aromatic heterocycles. The number of benzene rings is 1. The summed E-state index contributed by atoms with van der Waals surface area (Å²) in [6.07, 6.45) is 4.28. The van der Waals surface area contributed by atoms with Gasteiger partial charge in [0.2, 0.25) is 0 Å². The third-order valence-electron chi connectivity index (χ3n) is 4.53. The first kappa shape index (κ1) is 18.1. The predicted molar refractivity (Wildman–Crippen MR) is 104 cm³/mol. The summed E-state index contributed by atoms with van der Waals surface area (Å²) in [5, 5.41) is 7.37. The highest BCUT2D eigenvalue weighted by Crippen LogP contribution is 2.23. The summed E-state index contributed by atoms with van der Waals surface area (Å²) in [5.74, 6) is 0.922. The van der Waals surface area contributed by atoms with Gasteiger partial charge in [-0.3, -0.25) is 4.79 Å². The Morgan fingerprint density at radius 1 is 1.12 bits per heavy atom. The van der Waals surface area contributed by atoms with Crippen LogP contribution in [0.2, 0.25) is 0 Å². The molecule has 0 atom stereocenters. The van der Waals surface area contributed by atoms with E-state index in [1.807, 2.05) is 6.07 Å². The van der Waals surface area contributed by atoms with Gasteiger partial charge in [-0.1, -0.05) is 52.0 Å². The Kier molecular flexibility index (Phi) is 5.35. The monoisotopic (exact) mass is 350 g/mol.